The summed E-state index contributed by atoms with van der Waals surface area (Å²) in [5, 5.41) is 8.28. The minimum Gasteiger partial charge on any atom is -0.480 e. The largest absolute Gasteiger partial charge is 0.480 e. The Balaban J connectivity index is 0.000000502. The number of hydrogen-bond donors (Lipinski definition) is 3. The maximum Gasteiger partial charge on any atom is 0.472 e. The molecule has 152 valence electrons. The third-order valence-corrected chi connectivity index (χ3v) is 3.35. The van der Waals surface area contributed by atoms with Crippen molar-refractivity contribution in [2.45, 2.75) is 13.8 Å². The number of ether oxygens (including phenoxy) is 2. The third kappa shape index (κ3) is 11.8. The van der Waals surface area contributed by atoms with Gasteiger partial charge in [-0.05, 0) is 0 Å². The molecule has 0 unspecified atom stereocenters. The molecule has 0 saturated carbocycles. The highest BCUT2D eigenvalue weighted by Gasteiger charge is 2.19. The number of hydrogen-bond acceptors (Lipinski definition) is 7. The average Bonchev–Trinajstić information content (AvgIpc) is 2.53. The van der Waals surface area contributed by atoms with E-state index in [1.165, 1.54) is 0 Å². The van der Waals surface area contributed by atoms with Crippen molar-refractivity contribution in [3.63, 3.8) is 0 Å². The number of likely N-dealkylation sites (N-methyl/N-ethyl adjacent to an activating group) is 1. The van der Waals surface area contributed by atoms with E-state index in [0.717, 1.165) is 20.1 Å². The summed E-state index contributed by atoms with van der Waals surface area (Å²) >= 11 is 0. The van der Waals surface area contributed by atoms with Gasteiger partial charge >= 0.3 is 19.9 Å². The monoisotopic (exact) mass is 400 g/mol. The summed E-state index contributed by atoms with van der Waals surface area (Å²) in [5.74, 6) is -0.883. The van der Waals surface area contributed by atoms with E-state index in [-0.39, 0.29) is 11.8 Å². The molecule has 1 saturated heterocycles. The summed E-state index contributed by atoms with van der Waals surface area (Å²) in [6, 6.07) is 0. The first kappa shape index (κ1) is 24.3. The van der Waals surface area contributed by atoms with Crippen LogP contribution in [-0.4, -0.2) is 89.4 Å². The summed E-state index contributed by atoms with van der Waals surface area (Å²) in [5.41, 5.74) is 0. The van der Waals surface area contributed by atoms with Gasteiger partial charge in [0.25, 0.3) is 0 Å². The quantitative estimate of drug-likeness (QED) is 0.399. The molecule has 2 amide bonds. The number of carboxylic acid groups (broad SMARTS) is 1. The highest BCUT2D eigenvalue weighted by atomic mass is 31.2. The van der Waals surface area contributed by atoms with Crippen molar-refractivity contribution in [1.29, 1.82) is 0 Å². The summed E-state index contributed by atoms with van der Waals surface area (Å²) in [4.78, 5) is 51.4. The van der Waals surface area contributed by atoms with Crippen molar-refractivity contribution in [3.05, 3.63) is 0 Å². The molecule has 1 fully saturated rings. The first-order chi connectivity index (χ1) is 11.9. The first-order valence-electron chi connectivity index (χ1n) is 7.60. The van der Waals surface area contributed by atoms with E-state index >= 15 is 0 Å². The van der Waals surface area contributed by atoms with Gasteiger partial charge < -0.3 is 34.2 Å². The van der Waals surface area contributed by atoms with Crippen molar-refractivity contribution in [3.8, 4) is 0 Å². The number of carbonyl (C=O) groups excluding carboxylic acids is 2. The highest BCUT2D eigenvalue weighted by molar-refractivity contribution is 7.46. The van der Waals surface area contributed by atoms with Gasteiger partial charge in [-0.1, -0.05) is 13.8 Å². The van der Waals surface area contributed by atoms with Crippen LogP contribution in [0.2, 0.25) is 0 Å². The maximum absolute atomic E-state index is 11.4. The number of rotatable bonds is 6. The second kappa shape index (κ2) is 11.8. The zero-order valence-corrected chi connectivity index (χ0v) is 15.8. The van der Waals surface area contributed by atoms with Crippen LogP contribution in [0.15, 0.2) is 0 Å². The van der Waals surface area contributed by atoms with E-state index in [0.29, 0.717) is 18.1 Å². The standard InChI is InChI=1S/C8H15NO2.C5H10NO8P/c1-7(2)8(10)9-3-5-11-6-4-9;1-6(2-4(7)8)5(9)13-3-14-15(10,11)12/h7H,3-6H2,1-2H3;2-3H2,1H3,(H,7,8)(H2,10,11,12). The van der Waals surface area contributed by atoms with Gasteiger partial charge in [-0.3, -0.25) is 9.59 Å². The van der Waals surface area contributed by atoms with Gasteiger partial charge in [-0.2, -0.15) is 0 Å². The van der Waals surface area contributed by atoms with Crippen LogP contribution in [-0.2, 0) is 28.2 Å². The van der Waals surface area contributed by atoms with Gasteiger partial charge in [0.15, 0.2) is 0 Å². The molecule has 0 aliphatic carbocycles. The average molecular weight is 400 g/mol. The number of phosphoric ester groups is 1. The molecule has 0 aromatic heterocycles. The highest BCUT2D eigenvalue weighted by Crippen LogP contribution is 2.35. The van der Waals surface area contributed by atoms with Crippen LogP contribution >= 0.6 is 7.82 Å². The molecule has 0 aromatic carbocycles. The number of aliphatic carboxylic acids is 1. The molecular formula is C13H25N2O10P. The maximum atomic E-state index is 11.4. The van der Waals surface area contributed by atoms with Gasteiger partial charge in [0.05, 0.1) is 13.2 Å². The Bertz CT molecular complexity index is 515. The zero-order valence-electron chi connectivity index (χ0n) is 14.9. The van der Waals surface area contributed by atoms with Gasteiger partial charge in [0, 0.05) is 26.1 Å². The first-order valence-corrected chi connectivity index (χ1v) is 9.13. The number of amides is 2. The summed E-state index contributed by atoms with van der Waals surface area (Å²) in [7, 11) is -3.54. The summed E-state index contributed by atoms with van der Waals surface area (Å²) < 4.78 is 23.3. The lowest BCUT2D eigenvalue weighted by Gasteiger charge is -2.28. The van der Waals surface area contributed by atoms with Gasteiger partial charge in [-0.25, -0.2) is 13.9 Å². The van der Waals surface area contributed by atoms with E-state index in [1.54, 1.807) is 0 Å². The van der Waals surface area contributed by atoms with E-state index in [1.807, 2.05) is 18.7 Å². The molecule has 26 heavy (non-hydrogen) atoms. The van der Waals surface area contributed by atoms with Crippen LogP contribution in [0.5, 0.6) is 0 Å². The van der Waals surface area contributed by atoms with Crippen molar-refractivity contribution >= 4 is 25.8 Å². The normalized spacial score (nSPS) is 14.3. The van der Waals surface area contributed by atoms with Crippen LogP contribution in [0.4, 0.5) is 4.79 Å². The number of phosphoric acid groups is 1. The van der Waals surface area contributed by atoms with E-state index < -0.39 is 33.2 Å². The van der Waals surface area contributed by atoms with Crippen LogP contribution in [0.1, 0.15) is 13.8 Å². The van der Waals surface area contributed by atoms with Crippen LogP contribution in [0.25, 0.3) is 0 Å². The fourth-order valence-corrected chi connectivity index (χ4v) is 1.86. The number of morpholine rings is 1. The minimum absolute atomic E-state index is 0.119. The van der Waals surface area contributed by atoms with E-state index in [4.69, 9.17) is 19.6 Å². The SMILES string of the molecule is CC(C)C(=O)N1CCOCC1.CN(CC(=O)O)C(=O)OCOP(=O)(O)O. The lowest BCUT2D eigenvalue weighted by molar-refractivity contribution is -0.139. The molecule has 1 aliphatic heterocycles. The molecule has 1 rings (SSSR count). The molecule has 0 atom stereocenters. The van der Waals surface area contributed by atoms with Crippen LogP contribution in [0, 0.1) is 5.92 Å². The van der Waals surface area contributed by atoms with Crippen molar-refractivity contribution < 1.29 is 47.8 Å². The number of nitrogens with zero attached hydrogens (tertiary/aromatic N) is 2. The molecule has 13 heteroatoms. The Morgan fingerprint density at radius 3 is 2.19 bits per heavy atom. The topological polar surface area (TPSA) is 163 Å². The number of carboxylic acids is 1. The lowest BCUT2D eigenvalue weighted by Crippen LogP contribution is -2.42. The zero-order chi connectivity index (χ0) is 20.3. The van der Waals surface area contributed by atoms with Crippen molar-refractivity contribution in [1.82, 2.24) is 9.80 Å². The van der Waals surface area contributed by atoms with E-state index in [9.17, 15) is 18.9 Å². The van der Waals surface area contributed by atoms with Crippen LogP contribution < -0.4 is 0 Å². The predicted molar refractivity (Wildman–Crippen MR) is 87.0 cm³/mol. The Kier molecular flexibility index (Phi) is 11.0. The Morgan fingerprint density at radius 2 is 1.77 bits per heavy atom. The molecule has 0 aromatic rings. The fraction of sp³-hybridized carbons (Fsp3) is 0.769. The fourth-order valence-electron chi connectivity index (χ4n) is 1.67. The Hall–Kier alpha value is -1.72. The second-order valence-electron chi connectivity index (χ2n) is 5.49. The third-order valence-electron chi connectivity index (χ3n) is 2.90. The molecule has 12 nitrogen and oxygen atoms in total. The summed E-state index contributed by atoms with van der Waals surface area (Å²) in [6.45, 7) is 5.22. The van der Waals surface area contributed by atoms with Crippen molar-refractivity contribution in [2.24, 2.45) is 5.92 Å². The van der Waals surface area contributed by atoms with Gasteiger partial charge in [0.1, 0.15) is 6.54 Å². The minimum atomic E-state index is -4.69. The second-order valence-corrected chi connectivity index (χ2v) is 6.73. The molecule has 0 radical (unpaired) electrons. The molecular weight excluding hydrogens is 375 g/mol. The molecule has 0 bridgehead atoms. The summed E-state index contributed by atoms with van der Waals surface area (Å²) in [6.07, 6.45) is -1.06. The van der Waals surface area contributed by atoms with Crippen LogP contribution in [0.3, 0.4) is 0 Å². The van der Waals surface area contributed by atoms with Gasteiger partial charge in [0.2, 0.25) is 12.7 Å². The lowest BCUT2D eigenvalue weighted by atomic mass is 10.2. The Labute approximate surface area is 150 Å². The van der Waals surface area contributed by atoms with Gasteiger partial charge in [-0.15, -0.1) is 0 Å². The molecule has 0 spiro atoms. The van der Waals surface area contributed by atoms with Crippen molar-refractivity contribution in [2.75, 3.05) is 46.7 Å². The Morgan fingerprint density at radius 1 is 1.23 bits per heavy atom. The molecule has 1 heterocycles. The smallest absolute Gasteiger partial charge is 0.472 e. The number of carbonyl (C=O) groups is 3. The predicted octanol–water partition coefficient (Wildman–Crippen LogP) is -0.293. The molecule has 3 N–H and O–H groups in total. The molecule has 1 aliphatic rings. The van der Waals surface area contributed by atoms with E-state index in [2.05, 4.69) is 9.26 Å².